The van der Waals surface area contributed by atoms with E-state index < -0.39 is 0 Å². The molecule has 0 radical (unpaired) electrons. The molecule has 0 amide bonds. The van der Waals surface area contributed by atoms with Crippen molar-refractivity contribution in [3.05, 3.63) is 30.2 Å². The van der Waals surface area contributed by atoms with Gasteiger partial charge in [0, 0.05) is 13.1 Å². The Kier molecular flexibility index (Phi) is 3.29. The lowest BCUT2D eigenvalue weighted by Crippen LogP contribution is -2.32. The number of aromatic nitrogens is 1. The number of fused-ring (bicyclic) bond motifs is 1. The number of hydrogen-bond donors (Lipinski definition) is 1. The van der Waals surface area contributed by atoms with E-state index in [0.717, 1.165) is 37.2 Å². The largest absolute Gasteiger partial charge is 0.443 e. The van der Waals surface area contributed by atoms with Crippen LogP contribution < -0.4 is 5.73 Å². The van der Waals surface area contributed by atoms with E-state index >= 15 is 0 Å². The summed E-state index contributed by atoms with van der Waals surface area (Å²) in [5.41, 5.74) is 9.35. The van der Waals surface area contributed by atoms with Gasteiger partial charge < -0.3 is 15.1 Å². The molecule has 1 aliphatic rings. The molecule has 1 saturated carbocycles. The van der Waals surface area contributed by atoms with Crippen LogP contribution in [0, 0.1) is 5.41 Å². The molecule has 19 heavy (non-hydrogen) atoms. The minimum Gasteiger partial charge on any atom is -0.443 e. The monoisotopic (exact) mass is 259 g/mol. The molecule has 1 aromatic heterocycles. The van der Waals surface area contributed by atoms with E-state index in [1.165, 1.54) is 24.8 Å². The van der Waals surface area contributed by atoms with E-state index in [-0.39, 0.29) is 0 Å². The quantitative estimate of drug-likeness (QED) is 0.862. The number of hydrogen-bond acceptors (Lipinski definition) is 4. The van der Waals surface area contributed by atoms with Gasteiger partial charge in [0.1, 0.15) is 5.52 Å². The Hall–Kier alpha value is -1.39. The van der Waals surface area contributed by atoms with Crippen LogP contribution in [0.15, 0.2) is 29.0 Å². The molecule has 0 aliphatic heterocycles. The van der Waals surface area contributed by atoms with Crippen LogP contribution in [0.3, 0.4) is 0 Å². The average molecular weight is 259 g/mol. The van der Waals surface area contributed by atoms with Crippen molar-refractivity contribution in [2.45, 2.75) is 19.3 Å². The zero-order valence-corrected chi connectivity index (χ0v) is 11.4. The first-order chi connectivity index (χ1) is 9.21. The Morgan fingerprint density at radius 1 is 1.42 bits per heavy atom. The summed E-state index contributed by atoms with van der Waals surface area (Å²) in [7, 11) is 2.18. The van der Waals surface area contributed by atoms with Gasteiger partial charge >= 0.3 is 0 Å². The van der Waals surface area contributed by atoms with E-state index in [1.54, 1.807) is 0 Å². The van der Waals surface area contributed by atoms with Crippen LogP contribution in [-0.4, -0.2) is 36.6 Å². The first-order valence-electron chi connectivity index (χ1n) is 6.92. The van der Waals surface area contributed by atoms with E-state index in [9.17, 15) is 0 Å². The fraction of sp³-hybridized carbons (Fsp3) is 0.533. The SMILES string of the molecule is CN(CCc1ccc2ncoc2c1)CC1(CN)CC1. The Bertz CT molecular complexity index is 559. The highest BCUT2D eigenvalue weighted by molar-refractivity contribution is 5.72. The maximum atomic E-state index is 5.83. The summed E-state index contributed by atoms with van der Waals surface area (Å²) >= 11 is 0. The Morgan fingerprint density at radius 2 is 2.26 bits per heavy atom. The van der Waals surface area contributed by atoms with Crippen molar-refractivity contribution in [1.82, 2.24) is 9.88 Å². The highest BCUT2D eigenvalue weighted by atomic mass is 16.3. The van der Waals surface area contributed by atoms with Gasteiger partial charge in [-0.2, -0.15) is 0 Å². The second-order valence-electron chi connectivity index (χ2n) is 5.85. The normalized spacial score (nSPS) is 17.2. The van der Waals surface area contributed by atoms with Crippen molar-refractivity contribution in [2.24, 2.45) is 11.1 Å². The van der Waals surface area contributed by atoms with Gasteiger partial charge in [0.2, 0.25) is 0 Å². The third-order valence-electron chi connectivity index (χ3n) is 4.17. The average Bonchev–Trinajstić information content (AvgIpc) is 3.03. The van der Waals surface area contributed by atoms with Crippen molar-refractivity contribution < 1.29 is 4.42 Å². The van der Waals surface area contributed by atoms with Crippen LogP contribution >= 0.6 is 0 Å². The number of benzene rings is 1. The summed E-state index contributed by atoms with van der Waals surface area (Å²) in [5, 5.41) is 0. The van der Waals surface area contributed by atoms with Gasteiger partial charge in [-0.1, -0.05) is 6.07 Å². The maximum Gasteiger partial charge on any atom is 0.181 e. The Morgan fingerprint density at radius 3 is 3.00 bits per heavy atom. The van der Waals surface area contributed by atoms with Gasteiger partial charge in [-0.05, 0) is 56.0 Å². The molecule has 4 nitrogen and oxygen atoms in total. The van der Waals surface area contributed by atoms with Crippen molar-refractivity contribution in [1.29, 1.82) is 0 Å². The molecule has 0 unspecified atom stereocenters. The molecule has 102 valence electrons. The van der Waals surface area contributed by atoms with Gasteiger partial charge in [0.25, 0.3) is 0 Å². The third-order valence-corrected chi connectivity index (χ3v) is 4.17. The Labute approximate surface area is 113 Å². The molecule has 1 aromatic carbocycles. The third kappa shape index (κ3) is 2.80. The van der Waals surface area contributed by atoms with E-state index in [4.69, 9.17) is 10.2 Å². The molecule has 1 heterocycles. The molecular weight excluding hydrogens is 238 g/mol. The molecule has 0 saturated heterocycles. The summed E-state index contributed by atoms with van der Waals surface area (Å²) in [5.74, 6) is 0. The van der Waals surface area contributed by atoms with Crippen molar-refractivity contribution in [3.63, 3.8) is 0 Å². The summed E-state index contributed by atoms with van der Waals surface area (Å²) < 4.78 is 5.33. The number of oxazole rings is 1. The van der Waals surface area contributed by atoms with Crippen molar-refractivity contribution in [3.8, 4) is 0 Å². The van der Waals surface area contributed by atoms with Crippen LogP contribution in [0.4, 0.5) is 0 Å². The molecule has 2 N–H and O–H groups in total. The Balaban J connectivity index is 1.56. The zero-order valence-electron chi connectivity index (χ0n) is 11.4. The molecule has 3 rings (SSSR count). The van der Waals surface area contributed by atoms with Gasteiger partial charge in [-0.15, -0.1) is 0 Å². The fourth-order valence-corrected chi connectivity index (χ4v) is 2.63. The molecule has 0 spiro atoms. The van der Waals surface area contributed by atoms with E-state index in [2.05, 4.69) is 29.1 Å². The fourth-order valence-electron chi connectivity index (χ4n) is 2.63. The lowest BCUT2D eigenvalue weighted by atomic mass is 10.1. The minimum absolute atomic E-state index is 0.420. The van der Waals surface area contributed by atoms with Crippen LogP contribution in [0.25, 0.3) is 11.1 Å². The molecule has 0 atom stereocenters. The van der Waals surface area contributed by atoms with Crippen LogP contribution in [0.5, 0.6) is 0 Å². The zero-order chi connectivity index (χ0) is 13.3. The summed E-state index contributed by atoms with van der Waals surface area (Å²) in [6.45, 7) is 3.00. The first-order valence-corrected chi connectivity index (χ1v) is 6.92. The van der Waals surface area contributed by atoms with Crippen LogP contribution in [0.1, 0.15) is 18.4 Å². The van der Waals surface area contributed by atoms with Gasteiger partial charge in [-0.25, -0.2) is 4.98 Å². The standard InChI is InChI=1S/C15H21N3O/c1-18(10-15(9-16)5-6-15)7-4-12-2-3-13-14(8-12)19-11-17-13/h2-3,8,11H,4-7,9-10,16H2,1H3. The number of likely N-dealkylation sites (N-methyl/N-ethyl adjacent to an activating group) is 1. The second kappa shape index (κ2) is 4.94. The molecule has 1 aliphatic carbocycles. The second-order valence-corrected chi connectivity index (χ2v) is 5.85. The summed E-state index contributed by atoms with van der Waals surface area (Å²) in [6.07, 6.45) is 5.11. The lowest BCUT2D eigenvalue weighted by Gasteiger charge is -2.22. The highest BCUT2D eigenvalue weighted by Crippen LogP contribution is 2.44. The first kappa shape index (κ1) is 12.6. The van der Waals surface area contributed by atoms with Crippen LogP contribution in [0.2, 0.25) is 0 Å². The molecule has 0 bridgehead atoms. The predicted molar refractivity (Wildman–Crippen MR) is 75.9 cm³/mol. The van der Waals surface area contributed by atoms with Crippen LogP contribution in [-0.2, 0) is 6.42 Å². The topological polar surface area (TPSA) is 55.3 Å². The van der Waals surface area contributed by atoms with Crippen molar-refractivity contribution >= 4 is 11.1 Å². The number of nitrogens with two attached hydrogens (primary N) is 1. The molecule has 1 fully saturated rings. The van der Waals surface area contributed by atoms with Crippen molar-refractivity contribution in [2.75, 3.05) is 26.7 Å². The maximum absolute atomic E-state index is 5.83. The lowest BCUT2D eigenvalue weighted by molar-refractivity contribution is 0.269. The predicted octanol–water partition coefficient (Wildman–Crippen LogP) is 2.04. The molecular formula is C15H21N3O. The number of rotatable bonds is 6. The molecule has 2 aromatic rings. The smallest absolute Gasteiger partial charge is 0.181 e. The molecule has 4 heteroatoms. The van der Waals surface area contributed by atoms with E-state index in [1.807, 2.05) is 6.07 Å². The van der Waals surface area contributed by atoms with Gasteiger partial charge in [-0.3, -0.25) is 0 Å². The summed E-state index contributed by atoms with van der Waals surface area (Å²) in [4.78, 5) is 6.53. The summed E-state index contributed by atoms with van der Waals surface area (Å²) in [6, 6.07) is 6.25. The van der Waals surface area contributed by atoms with Gasteiger partial charge in [0.05, 0.1) is 0 Å². The number of nitrogens with zero attached hydrogens (tertiary/aromatic N) is 2. The van der Waals surface area contributed by atoms with Gasteiger partial charge in [0.15, 0.2) is 12.0 Å². The van der Waals surface area contributed by atoms with E-state index in [0.29, 0.717) is 5.41 Å². The highest BCUT2D eigenvalue weighted by Gasteiger charge is 2.41. The minimum atomic E-state index is 0.420.